The first-order chi connectivity index (χ1) is 8.16. The Bertz CT molecular complexity index is 404. The molecule has 0 spiro atoms. The number of hydrogen-bond donors (Lipinski definition) is 2. The van der Waals surface area contributed by atoms with Crippen LogP contribution in [0.3, 0.4) is 0 Å². The molecule has 2 N–H and O–H groups in total. The molecule has 92 valence electrons. The van der Waals surface area contributed by atoms with Crippen LogP contribution in [0, 0.1) is 0 Å². The number of rotatable bonds is 4. The van der Waals surface area contributed by atoms with Gasteiger partial charge in [-0.25, -0.2) is 0 Å². The van der Waals surface area contributed by atoms with Gasteiger partial charge in [-0.3, -0.25) is 14.5 Å². The van der Waals surface area contributed by atoms with Gasteiger partial charge < -0.3 is 14.9 Å². The van der Waals surface area contributed by atoms with E-state index in [4.69, 9.17) is 9.63 Å². The number of aliphatic carboxylic acids is 1. The average molecular weight is 239 g/mol. The third-order valence-electron chi connectivity index (χ3n) is 2.68. The Kier molecular flexibility index (Phi) is 3.38. The Hall–Kier alpha value is -1.89. The highest BCUT2D eigenvalue weighted by molar-refractivity contribution is 5.86. The SMILES string of the molecule is O=C(O)CC1C(=O)NCCN1Cc1cnoc1. The number of carboxylic acid groups (broad SMARTS) is 1. The number of carbonyl (C=O) groups is 2. The highest BCUT2D eigenvalue weighted by Crippen LogP contribution is 2.13. The molecule has 1 unspecified atom stereocenters. The van der Waals surface area contributed by atoms with Crippen molar-refractivity contribution in [3.8, 4) is 0 Å². The van der Waals surface area contributed by atoms with Gasteiger partial charge in [0.15, 0.2) is 0 Å². The Morgan fingerprint density at radius 3 is 3.18 bits per heavy atom. The number of carbonyl (C=O) groups excluding carboxylic acids is 1. The molecule has 1 atom stereocenters. The molecule has 1 fully saturated rings. The van der Waals surface area contributed by atoms with Crippen LogP contribution in [0.15, 0.2) is 17.0 Å². The molecule has 1 aromatic rings. The Morgan fingerprint density at radius 1 is 1.71 bits per heavy atom. The standard InChI is InChI=1S/C10H13N3O4/c14-9(15)3-8-10(16)11-1-2-13(8)5-7-4-12-17-6-7/h4,6,8H,1-3,5H2,(H,11,16)(H,14,15). The zero-order valence-electron chi connectivity index (χ0n) is 9.13. The van der Waals surface area contributed by atoms with Crippen LogP contribution in [-0.4, -0.2) is 46.2 Å². The predicted octanol–water partition coefficient (Wildman–Crippen LogP) is -0.550. The van der Waals surface area contributed by atoms with E-state index < -0.39 is 12.0 Å². The number of nitrogens with zero attached hydrogens (tertiary/aromatic N) is 2. The monoisotopic (exact) mass is 239 g/mol. The molecule has 1 amide bonds. The number of nitrogens with one attached hydrogen (secondary N) is 1. The van der Waals surface area contributed by atoms with E-state index in [0.29, 0.717) is 19.6 Å². The Labute approximate surface area is 97.4 Å². The minimum absolute atomic E-state index is 0.197. The second-order valence-corrected chi connectivity index (χ2v) is 3.91. The smallest absolute Gasteiger partial charge is 0.305 e. The maximum atomic E-state index is 11.6. The summed E-state index contributed by atoms with van der Waals surface area (Å²) in [7, 11) is 0. The lowest BCUT2D eigenvalue weighted by Crippen LogP contribution is -2.55. The van der Waals surface area contributed by atoms with E-state index in [1.54, 1.807) is 6.20 Å². The van der Waals surface area contributed by atoms with Gasteiger partial charge in [-0.1, -0.05) is 5.16 Å². The largest absolute Gasteiger partial charge is 0.481 e. The van der Waals surface area contributed by atoms with E-state index in [1.807, 2.05) is 4.90 Å². The minimum atomic E-state index is -0.984. The van der Waals surface area contributed by atoms with Crippen molar-refractivity contribution in [2.24, 2.45) is 0 Å². The fourth-order valence-corrected chi connectivity index (χ4v) is 1.88. The van der Waals surface area contributed by atoms with Gasteiger partial charge in [0.25, 0.3) is 0 Å². The molecule has 0 saturated carbocycles. The van der Waals surface area contributed by atoms with Crippen LogP contribution < -0.4 is 5.32 Å². The van der Waals surface area contributed by atoms with Crippen LogP contribution >= 0.6 is 0 Å². The second-order valence-electron chi connectivity index (χ2n) is 3.91. The van der Waals surface area contributed by atoms with Crippen LogP contribution in [0.25, 0.3) is 0 Å². The summed E-state index contributed by atoms with van der Waals surface area (Å²) in [6.45, 7) is 1.62. The van der Waals surface area contributed by atoms with Crippen molar-refractivity contribution in [2.45, 2.75) is 19.0 Å². The van der Waals surface area contributed by atoms with Gasteiger partial charge in [-0.05, 0) is 0 Å². The third kappa shape index (κ3) is 2.82. The molecule has 2 heterocycles. The van der Waals surface area contributed by atoms with E-state index >= 15 is 0 Å². The van der Waals surface area contributed by atoms with Crippen LogP contribution in [0.5, 0.6) is 0 Å². The molecule has 0 aromatic carbocycles. The molecule has 1 aliphatic rings. The normalized spacial score (nSPS) is 21.2. The van der Waals surface area contributed by atoms with Crippen molar-refractivity contribution >= 4 is 11.9 Å². The highest BCUT2D eigenvalue weighted by Gasteiger charge is 2.31. The van der Waals surface area contributed by atoms with Gasteiger partial charge in [-0.15, -0.1) is 0 Å². The molecule has 2 rings (SSSR count). The molecule has 7 heteroatoms. The molecule has 1 aromatic heterocycles. The molecule has 1 aliphatic heterocycles. The molecule has 0 radical (unpaired) electrons. The van der Waals surface area contributed by atoms with Crippen LogP contribution in [0.2, 0.25) is 0 Å². The number of hydrogen-bond acceptors (Lipinski definition) is 5. The number of aromatic nitrogens is 1. The number of piperazine rings is 1. The van der Waals surface area contributed by atoms with Crippen molar-refractivity contribution in [1.29, 1.82) is 0 Å². The number of carboxylic acids is 1. The van der Waals surface area contributed by atoms with Gasteiger partial charge in [0.1, 0.15) is 12.3 Å². The molecular formula is C10H13N3O4. The van der Waals surface area contributed by atoms with Gasteiger partial charge >= 0.3 is 5.97 Å². The molecule has 1 saturated heterocycles. The zero-order valence-corrected chi connectivity index (χ0v) is 9.13. The summed E-state index contributed by atoms with van der Waals surface area (Å²) >= 11 is 0. The first-order valence-electron chi connectivity index (χ1n) is 5.28. The van der Waals surface area contributed by atoms with Gasteiger partial charge in [0, 0.05) is 25.2 Å². The summed E-state index contributed by atoms with van der Waals surface area (Å²) in [5, 5.41) is 15.0. The van der Waals surface area contributed by atoms with Crippen molar-refractivity contribution in [2.75, 3.05) is 13.1 Å². The first kappa shape index (κ1) is 11.6. The van der Waals surface area contributed by atoms with Gasteiger partial charge in [-0.2, -0.15) is 0 Å². The summed E-state index contributed by atoms with van der Waals surface area (Å²) in [6.07, 6.45) is 2.85. The van der Waals surface area contributed by atoms with Gasteiger partial charge in [0.2, 0.25) is 5.91 Å². The quantitative estimate of drug-likeness (QED) is 0.732. The lowest BCUT2D eigenvalue weighted by molar-refractivity contribution is -0.143. The number of amides is 1. The molecule has 7 nitrogen and oxygen atoms in total. The van der Waals surface area contributed by atoms with E-state index in [-0.39, 0.29) is 12.3 Å². The van der Waals surface area contributed by atoms with E-state index in [2.05, 4.69) is 10.5 Å². The summed E-state index contributed by atoms with van der Waals surface area (Å²) < 4.78 is 4.71. The summed E-state index contributed by atoms with van der Waals surface area (Å²) in [5.41, 5.74) is 0.829. The van der Waals surface area contributed by atoms with E-state index in [1.165, 1.54) is 6.26 Å². The maximum Gasteiger partial charge on any atom is 0.305 e. The van der Waals surface area contributed by atoms with Crippen molar-refractivity contribution in [3.63, 3.8) is 0 Å². The summed E-state index contributed by atoms with van der Waals surface area (Å²) in [6, 6.07) is -0.629. The van der Waals surface area contributed by atoms with Crippen LogP contribution in [-0.2, 0) is 16.1 Å². The lowest BCUT2D eigenvalue weighted by Gasteiger charge is -2.33. The third-order valence-corrected chi connectivity index (χ3v) is 2.68. The van der Waals surface area contributed by atoms with Crippen LogP contribution in [0.1, 0.15) is 12.0 Å². The van der Waals surface area contributed by atoms with Crippen molar-refractivity contribution < 1.29 is 19.2 Å². The molecule has 0 aliphatic carbocycles. The first-order valence-corrected chi connectivity index (χ1v) is 5.28. The summed E-state index contributed by atoms with van der Waals surface area (Å²) in [4.78, 5) is 24.2. The molecular weight excluding hydrogens is 226 g/mol. The topological polar surface area (TPSA) is 95.7 Å². The summed E-state index contributed by atoms with van der Waals surface area (Å²) in [5.74, 6) is -1.22. The highest BCUT2D eigenvalue weighted by atomic mass is 16.5. The maximum absolute atomic E-state index is 11.6. The van der Waals surface area contributed by atoms with E-state index in [9.17, 15) is 9.59 Å². The molecule has 0 bridgehead atoms. The zero-order chi connectivity index (χ0) is 12.3. The lowest BCUT2D eigenvalue weighted by atomic mass is 10.1. The van der Waals surface area contributed by atoms with Crippen molar-refractivity contribution in [3.05, 3.63) is 18.0 Å². The Balaban J connectivity index is 2.06. The Morgan fingerprint density at radius 2 is 2.53 bits per heavy atom. The molecule has 17 heavy (non-hydrogen) atoms. The van der Waals surface area contributed by atoms with Crippen molar-refractivity contribution in [1.82, 2.24) is 15.4 Å². The fraction of sp³-hybridized carbons (Fsp3) is 0.500. The predicted molar refractivity (Wildman–Crippen MR) is 56.0 cm³/mol. The minimum Gasteiger partial charge on any atom is -0.481 e. The van der Waals surface area contributed by atoms with Gasteiger partial charge in [0.05, 0.1) is 12.6 Å². The van der Waals surface area contributed by atoms with E-state index in [0.717, 1.165) is 5.56 Å². The average Bonchev–Trinajstić information content (AvgIpc) is 2.75. The second kappa shape index (κ2) is 4.96. The van der Waals surface area contributed by atoms with Crippen LogP contribution in [0.4, 0.5) is 0 Å². The fourth-order valence-electron chi connectivity index (χ4n) is 1.88.